The highest BCUT2D eigenvalue weighted by Crippen LogP contribution is 2.19. The fraction of sp³-hybridized carbons (Fsp3) is 0.200. The van der Waals surface area contributed by atoms with E-state index in [1.807, 2.05) is 0 Å². The molecule has 2 N–H and O–H groups in total. The van der Waals surface area contributed by atoms with Gasteiger partial charge in [0.2, 0.25) is 0 Å². The fourth-order valence-electron chi connectivity index (χ4n) is 0.483. The van der Waals surface area contributed by atoms with Gasteiger partial charge in [-0.1, -0.05) is 11.6 Å². The van der Waals surface area contributed by atoms with Gasteiger partial charge in [-0.25, -0.2) is 9.97 Å². The summed E-state index contributed by atoms with van der Waals surface area (Å²) in [6.45, 7) is 1.77. The highest BCUT2D eigenvalue weighted by atomic mass is 79.9. The number of hydrogen-bond donors (Lipinski definition) is 1. The van der Waals surface area contributed by atoms with Crippen LogP contribution in [0.15, 0.2) is 4.60 Å². The molecule has 0 bridgehead atoms. The van der Waals surface area contributed by atoms with Gasteiger partial charge < -0.3 is 5.73 Å². The van der Waals surface area contributed by atoms with Gasteiger partial charge in [-0.05, 0) is 22.9 Å². The van der Waals surface area contributed by atoms with Crippen LogP contribution in [0.25, 0.3) is 0 Å². The maximum Gasteiger partial charge on any atom is 0.164 e. The van der Waals surface area contributed by atoms with Gasteiger partial charge in [0.25, 0.3) is 0 Å². The van der Waals surface area contributed by atoms with Crippen LogP contribution in [-0.4, -0.2) is 9.97 Å². The predicted molar refractivity (Wildman–Crippen MR) is 43.9 cm³/mol. The summed E-state index contributed by atoms with van der Waals surface area (Å²) in [5.41, 5.74) is 6.09. The zero-order valence-corrected chi connectivity index (χ0v) is 7.57. The van der Waals surface area contributed by atoms with Crippen LogP contribution in [-0.2, 0) is 0 Å². The van der Waals surface area contributed by atoms with Crippen LogP contribution in [0.5, 0.6) is 0 Å². The second-order valence-corrected chi connectivity index (χ2v) is 2.89. The lowest BCUT2D eigenvalue weighted by Crippen LogP contribution is -1.97. The number of anilines is 1. The summed E-state index contributed by atoms with van der Waals surface area (Å²) >= 11 is 8.70. The van der Waals surface area contributed by atoms with Gasteiger partial charge in [-0.2, -0.15) is 0 Å². The third-order valence-electron chi connectivity index (χ3n) is 1.03. The molecule has 0 amide bonds. The molecule has 1 aromatic rings. The normalized spacial score (nSPS) is 9.90. The van der Waals surface area contributed by atoms with Crippen LogP contribution in [0.1, 0.15) is 5.69 Å². The number of rotatable bonds is 0. The molecule has 0 aromatic carbocycles. The smallest absolute Gasteiger partial charge is 0.164 e. The second kappa shape index (κ2) is 2.72. The lowest BCUT2D eigenvalue weighted by molar-refractivity contribution is 1.10. The lowest BCUT2D eigenvalue weighted by atomic mass is 10.5. The molecule has 1 rings (SSSR count). The molecule has 0 radical (unpaired) electrons. The molecule has 1 heterocycles. The Morgan fingerprint density at radius 2 is 2.10 bits per heavy atom. The first-order chi connectivity index (χ1) is 4.61. The molecule has 0 atom stereocenters. The highest BCUT2D eigenvalue weighted by molar-refractivity contribution is 9.10. The molecule has 1 aromatic heterocycles. The number of halogens is 2. The summed E-state index contributed by atoms with van der Waals surface area (Å²) in [6.07, 6.45) is 0. The van der Waals surface area contributed by atoms with Crippen LogP contribution in [0.3, 0.4) is 0 Å². The van der Waals surface area contributed by atoms with Crippen molar-refractivity contribution < 1.29 is 0 Å². The van der Waals surface area contributed by atoms with Gasteiger partial charge in [0.05, 0.1) is 5.69 Å². The van der Waals surface area contributed by atoms with E-state index < -0.39 is 0 Å². The molecule has 3 nitrogen and oxygen atoms in total. The molecule has 0 saturated heterocycles. The molecule has 0 unspecified atom stereocenters. The van der Waals surface area contributed by atoms with Crippen molar-refractivity contribution in [2.45, 2.75) is 6.92 Å². The monoisotopic (exact) mass is 221 g/mol. The number of hydrogen-bond acceptors (Lipinski definition) is 3. The van der Waals surface area contributed by atoms with E-state index in [9.17, 15) is 0 Å². The summed E-state index contributed by atoms with van der Waals surface area (Å²) < 4.78 is 0.529. The minimum absolute atomic E-state index is 0.295. The summed E-state index contributed by atoms with van der Waals surface area (Å²) in [7, 11) is 0. The molecular weight excluding hydrogens is 217 g/mol. The van der Waals surface area contributed by atoms with Gasteiger partial charge in [-0.3, -0.25) is 0 Å². The van der Waals surface area contributed by atoms with Crippen LogP contribution in [0.2, 0.25) is 5.15 Å². The average molecular weight is 222 g/mol. The van der Waals surface area contributed by atoms with Crippen molar-refractivity contribution in [3.05, 3.63) is 15.5 Å². The van der Waals surface area contributed by atoms with Gasteiger partial charge in [-0.15, -0.1) is 0 Å². The Hall–Kier alpha value is -0.350. The van der Waals surface area contributed by atoms with Crippen molar-refractivity contribution in [1.29, 1.82) is 0 Å². The topological polar surface area (TPSA) is 51.8 Å². The molecule has 0 aliphatic carbocycles. The molecular formula is C5H5BrClN3. The SMILES string of the molecule is Cc1nc(Br)c(Cl)nc1N. The standard InChI is InChI=1S/C5H5BrClN3/c1-2-5(8)10-4(7)3(6)9-2/h1H3,(H2,8,10). The van der Waals surface area contributed by atoms with Crippen molar-refractivity contribution in [3.63, 3.8) is 0 Å². The number of nitrogens with two attached hydrogens (primary N) is 1. The zero-order chi connectivity index (χ0) is 7.72. The molecule has 54 valence electrons. The van der Waals surface area contributed by atoms with Crippen LogP contribution in [0, 0.1) is 6.92 Å². The predicted octanol–water partition coefficient (Wildman–Crippen LogP) is 1.78. The van der Waals surface area contributed by atoms with E-state index in [2.05, 4.69) is 25.9 Å². The minimum atomic E-state index is 0.295. The molecule has 0 spiro atoms. The Balaban J connectivity index is 3.28. The first kappa shape index (κ1) is 7.75. The van der Waals surface area contributed by atoms with Gasteiger partial charge in [0, 0.05) is 0 Å². The summed E-state index contributed by atoms with van der Waals surface area (Å²) in [5, 5.41) is 0.295. The minimum Gasteiger partial charge on any atom is -0.382 e. The Kier molecular flexibility index (Phi) is 2.11. The Morgan fingerprint density at radius 3 is 2.60 bits per heavy atom. The second-order valence-electron chi connectivity index (χ2n) is 1.78. The van der Waals surface area contributed by atoms with Crippen molar-refractivity contribution in [1.82, 2.24) is 9.97 Å². The van der Waals surface area contributed by atoms with Crippen molar-refractivity contribution in [3.8, 4) is 0 Å². The van der Waals surface area contributed by atoms with Crippen LogP contribution in [0.4, 0.5) is 5.82 Å². The summed E-state index contributed by atoms with van der Waals surface area (Å²) in [6, 6.07) is 0. The van der Waals surface area contributed by atoms with E-state index in [0.29, 0.717) is 21.3 Å². The lowest BCUT2D eigenvalue weighted by Gasteiger charge is -1.98. The number of aromatic nitrogens is 2. The summed E-state index contributed by atoms with van der Waals surface area (Å²) in [4.78, 5) is 7.78. The quantitative estimate of drug-likeness (QED) is 0.728. The zero-order valence-electron chi connectivity index (χ0n) is 5.23. The molecule has 0 aliphatic rings. The molecule has 10 heavy (non-hydrogen) atoms. The van der Waals surface area contributed by atoms with E-state index in [1.165, 1.54) is 0 Å². The Labute approximate surface area is 71.7 Å². The number of aryl methyl sites for hydroxylation is 1. The number of nitrogens with zero attached hydrogens (tertiary/aromatic N) is 2. The highest BCUT2D eigenvalue weighted by Gasteiger charge is 2.02. The molecule has 0 saturated carbocycles. The maximum atomic E-state index is 5.59. The first-order valence-corrected chi connectivity index (χ1v) is 3.73. The van der Waals surface area contributed by atoms with E-state index in [1.54, 1.807) is 6.92 Å². The molecule has 0 fully saturated rings. The first-order valence-electron chi connectivity index (χ1n) is 2.56. The van der Waals surface area contributed by atoms with Crippen LogP contribution < -0.4 is 5.73 Å². The Bertz CT molecular complexity index is 213. The summed E-state index contributed by atoms with van der Waals surface area (Å²) in [5.74, 6) is 0.369. The van der Waals surface area contributed by atoms with Crippen molar-refractivity contribution >= 4 is 33.3 Å². The third kappa shape index (κ3) is 1.38. The van der Waals surface area contributed by atoms with Crippen LogP contribution >= 0.6 is 27.5 Å². The fourth-order valence-corrected chi connectivity index (χ4v) is 0.971. The average Bonchev–Trinajstić information content (AvgIpc) is 1.84. The van der Waals surface area contributed by atoms with Gasteiger partial charge >= 0.3 is 0 Å². The van der Waals surface area contributed by atoms with Gasteiger partial charge in [0.15, 0.2) is 5.15 Å². The van der Waals surface area contributed by atoms with Crippen molar-refractivity contribution in [2.24, 2.45) is 0 Å². The maximum absolute atomic E-state index is 5.59. The van der Waals surface area contributed by atoms with E-state index in [-0.39, 0.29) is 0 Å². The molecule has 5 heteroatoms. The Morgan fingerprint density at radius 1 is 1.50 bits per heavy atom. The largest absolute Gasteiger partial charge is 0.382 e. The van der Waals surface area contributed by atoms with E-state index >= 15 is 0 Å². The van der Waals surface area contributed by atoms with Gasteiger partial charge in [0.1, 0.15) is 10.4 Å². The molecule has 0 aliphatic heterocycles. The van der Waals surface area contributed by atoms with E-state index in [0.717, 1.165) is 0 Å². The van der Waals surface area contributed by atoms with Crippen molar-refractivity contribution in [2.75, 3.05) is 5.73 Å². The third-order valence-corrected chi connectivity index (χ3v) is 2.07. The van der Waals surface area contributed by atoms with E-state index in [4.69, 9.17) is 17.3 Å². The number of nitrogen functional groups attached to an aromatic ring is 1.